The molecule has 2 rings (SSSR count). The first-order valence-electron chi connectivity index (χ1n) is 5.39. The van der Waals surface area contributed by atoms with Gasteiger partial charge in [-0.2, -0.15) is 11.8 Å². The molecule has 0 bridgehead atoms. The van der Waals surface area contributed by atoms with E-state index in [4.69, 9.17) is 0 Å². The first-order chi connectivity index (χ1) is 8.01. The molecule has 1 aliphatic rings. The molecule has 0 aromatic heterocycles. The molecular formula is C12H14FNO2S. The molecule has 1 heterocycles. The smallest absolute Gasteiger partial charge is 0.257 e. The van der Waals surface area contributed by atoms with Crippen molar-refractivity contribution in [1.29, 1.82) is 0 Å². The van der Waals surface area contributed by atoms with E-state index in [1.54, 1.807) is 13.0 Å². The minimum atomic E-state index is -1.36. The second-order valence-electron chi connectivity index (χ2n) is 4.27. The Bertz CT molecular complexity index is 444. The summed E-state index contributed by atoms with van der Waals surface area (Å²) in [6.07, 6.45) is 0.414. The van der Waals surface area contributed by atoms with Crippen LogP contribution in [0.3, 0.4) is 0 Å². The quantitative estimate of drug-likeness (QED) is 0.849. The Kier molecular flexibility index (Phi) is 3.40. The van der Waals surface area contributed by atoms with Crippen LogP contribution in [0.15, 0.2) is 18.2 Å². The highest BCUT2D eigenvalue weighted by atomic mass is 32.2. The number of aryl methyl sites for hydroxylation is 1. The number of halogens is 1. The first-order valence-corrected chi connectivity index (χ1v) is 6.54. The van der Waals surface area contributed by atoms with Crippen molar-refractivity contribution < 1.29 is 14.3 Å². The van der Waals surface area contributed by atoms with E-state index in [0.29, 0.717) is 12.2 Å². The zero-order valence-corrected chi connectivity index (χ0v) is 10.3. The van der Waals surface area contributed by atoms with Gasteiger partial charge in [0.05, 0.1) is 5.69 Å². The fourth-order valence-electron chi connectivity index (χ4n) is 1.69. The monoisotopic (exact) mass is 255 g/mol. The molecule has 1 aliphatic heterocycles. The summed E-state index contributed by atoms with van der Waals surface area (Å²) in [7, 11) is 0. The molecule has 0 spiro atoms. The average molecular weight is 255 g/mol. The second kappa shape index (κ2) is 4.66. The third-order valence-electron chi connectivity index (χ3n) is 2.80. The number of rotatable bonds is 2. The number of aliphatic hydroxyl groups is 1. The molecule has 0 saturated carbocycles. The zero-order chi connectivity index (χ0) is 12.5. The van der Waals surface area contributed by atoms with Gasteiger partial charge in [-0.3, -0.25) is 4.79 Å². The summed E-state index contributed by atoms with van der Waals surface area (Å²) < 4.78 is 13.5. The molecule has 0 radical (unpaired) electrons. The minimum absolute atomic E-state index is 0.117. The summed E-state index contributed by atoms with van der Waals surface area (Å²) in [6.45, 7) is 1.77. The molecule has 1 unspecified atom stereocenters. The van der Waals surface area contributed by atoms with Crippen LogP contribution in [-0.4, -0.2) is 28.1 Å². The fourth-order valence-corrected chi connectivity index (χ4v) is 2.93. The first kappa shape index (κ1) is 12.4. The lowest BCUT2D eigenvalue weighted by Crippen LogP contribution is -2.43. The number of nitrogens with one attached hydrogen (secondary N) is 1. The van der Waals surface area contributed by atoms with E-state index in [9.17, 15) is 14.3 Å². The third kappa shape index (κ3) is 2.61. The average Bonchev–Trinajstić information content (AvgIpc) is 2.71. The van der Waals surface area contributed by atoms with E-state index >= 15 is 0 Å². The molecule has 17 heavy (non-hydrogen) atoms. The van der Waals surface area contributed by atoms with Gasteiger partial charge < -0.3 is 10.4 Å². The molecule has 2 N–H and O–H groups in total. The highest BCUT2D eigenvalue weighted by Gasteiger charge is 2.39. The lowest BCUT2D eigenvalue weighted by Gasteiger charge is -2.20. The highest BCUT2D eigenvalue weighted by Crippen LogP contribution is 2.29. The predicted molar refractivity (Wildman–Crippen MR) is 66.7 cm³/mol. The molecule has 5 heteroatoms. The Morgan fingerprint density at radius 3 is 2.94 bits per heavy atom. The minimum Gasteiger partial charge on any atom is -0.379 e. The van der Waals surface area contributed by atoms with Crippen molar-refractivity contribution in [3.05, 3.63) is 29.6 Å². The standard InChI is InChI=1S/C12H14FNO2S/c1-8-2-3-10(9(13)6-8)14-11(15)12(16)4-5-17-7-12/h2-3,6,16H,4-5,7H2,1H3,(H,14,15). The molecule has 1 atom stereocenters. The van der Waals surface area contributed by atoms with Gasteiger partial charge >= 0.3 is 0 Å². The zero-order valence-electron chi connectivity index (χ0n) is 9.50. The van der Waals surface area contributed by atoms with E-state index in [0.717, 1.165) is 11.3 Å². The van der Waals surface area contributed by atoms with E-state index in [-0.39, 0.29) is 5.69 Å². The maximum absolute atomic E-state index is 13.5. The van der Waals surface area contributed by atoms with Gasteiger partial charge in [0.2, 0.25) is 0 Å². The van der Waals surface area contributed by atoms with Gasteiger partial charge in [0.25, 0.3) is 5.91 Å². The third-order valence-corrected chi connectivity index (χ3v) is 3.97. The molecule has 1 aromatic carbocycles. The summed E-state index contributed by atoms with van der Waals surface area (Å²) in [4.78, 5) is 11.8. The number of amides is 1. The lowest BCUT2D eigenvalue weighted by atomic mass is 10.0. The molecule has 1 saturated heterocycles. The Labute approximate surface area is 103 Å². The van der Waals surface area contributed by atoms with Crippen molar-refractivity contribution in [3.8, 4) is 0 Å². The van der Waals surface area contributed by atoms with Crippen molar-refractivity contribution in [2.75, 3.05) is 16.8 Å². The van der Waals surface area contributed by atoms with Crippen molar-refractivity contribution in [2.24, 2.45) is 0 Å². The van der Waals surface area contributed by atoms with Gasteiger partial charge in [0.1, 0.15) is 5.82 Å². The van der Waals surface area contributed by atoms with E-state index in [2.05, 4.69) is 5.32 Å². The molecular weight excluding hydrogens is 241 g/mol. The molecule has 92 valence electrons. The Balaban J connectivity index is 2.13. The number of benzene rings is 1. The van der Waals surface area contributed by atoms with Gasteiger partial charge in [-0.1, -0.05) is 6.07 Å². The SMILES string of the molecule is Cc1ccc(NC(=O)C2(O)CCSC2)c(F)c1. The summed E-state index contributed by atoms with van der Waals surface area (Å²) in [5, 5.41) is 12.5. The van der Waals surface area contributed by atoms with Crippen molar-refractivity contribution in [1.82, 2.24) is 0 Å². The fraction of sp³-hybridized carbons (Fsp3) is 0.417. The predicted octanol–water partition coefficient (Wildman–Crippen LogP) is 1.94. The molecule has 1 amide bonds. The molecule has 0 aliphatic carbocycles. The summed E-state index contributed by atoms with van der Waals surface area (Å²) in [5.41, 5.74) is -0.455. The normalized spacial score (nSPS) is 23.7. The van der Waals surface area contributed by atoms with Crippen LogP contribution in [-0.2, 0) is 4.79 Å². The Morgan fingerprint density at radius 2 is 2.35 bits per heavy atom. The summed E-state index contributed by atoms with van der Waals surface area (Å²) in [5.74, 6) is 0.116. The number of carbonyl (C=O) groups excluding carboxylic acids is 1. The topological polar surface area (TPSA) is 49.3 Å². The van der Waals surface area contributed by atoms with Crippen LogP contribution in [0.2, 0.25) is 0 Å². The number of hydrogen-bond donors (Lipinski definition) is 2. The van der Waals surface area contributed by atoms with Gasteiger partial charge in [0.15, 0.2) is 5.60 Å². The van der Waals surface area contributed by atoms with Crippen LogP contribution in [0.4, 0.5) is 10.1 Å². The van der Waals surface area contributed by atoms with Gasteiger partial charge in [-0.15, -0.1) is 0 Å². The maximum atomic E-state index is 13.5. The Hall–Kier alpha value is -1.07. The van der Waals surface area contributed by atoms with Crippen LogP contribution in [0.25, 0.3) is 0 Å². The largest absolute Gasteiger partial charge is 0.379 e. The summed E-state index contributed by atoms with van der Waals surface area (Å²) >= 11 is 1.52. The van der Waals surface area contributed by atoms with Crippen molar-refractivity contribution in [3.63, 3.8) is 0 Å². The number of carbonyl (C=O) groups is 1. The molecule has 1 aromatic rings. The van der Waals surface area contributed by atoms with E-state index < -0.39 is 17.3 Å². The summed E-state index contributed by atoms with van der Waals surface area (Å²) in [6, 6.07) is 4.57. The maximum Gasteiger partial charge on any atom is 0.257 e. The molecule has 3 nitrogen and oxygen atoms in total. The van der Waals surface area contributed by atoms with Crippen molar-refractivity contribution >= 4 is 23.4 Å². The number of hydrogen-bond acceptors (Lipinski definition) is 3. The van der Waals surface area contributed by atoms with Crippen LogP contribution in [0, 0.1) is 12.7 Å². The van der Waals surface area contributed by atoms with Gasteiger partial charge in [-0.25, -0.2) is 4.39 Å². The van der Waals surface area contributed by atoms with Crippen LogP contribution in [0.5, 0.6) is 0 Å². The van der Waals surface area contributed by atoms with Gasteiger partial charge in [-0.05, 0) is 36.8 Å². The Morgan fingerprint density at radius 1 is 1.59 bits per heavy atom. The van der Waals surface area contributed by atoms with Crippen molar-refractivity contribution in [2.45, 2.75) is 18.9 Å². The van der Waals surface area contributed by atoms with Crippen LogP contribution in [0.1, 0.15) is 12.0 Å². The van der Waals surface area contributed by atoms with E-state index in [1.165, 1.54) is 23.9 Å². The second-order valence-corrected chi connectivity index (χ2v) is 5.38. The lowest BCUT2D eigenvalue weighted by molar-refractivity contribution is -0.131. The van der Waals surface area contributed by atoms with Gasteiger partial charge in [0, 0.05) is 5.75 Å². The van der Waals surface area contributed by atoms with E-state index in [1.807, 2.05) is 0 Å². The highest BCUT2D eigenvalue weighted by molar-refractivity contribution is 7.99. The number of anilines is 1. The molecule has 1 fully saturated rings. The van der Waals surface area contributed by atoms with Crippen LogP contribution >= 0.6 is 11.8 Å². The number of thioether (sulfide) groups is 1. The van der Waals surface area contributed by atoms with Crippen LogP contribution < -0.4 is 5.32 Å².